The van der Waals surface area contributed by atoms with Crippen molar-refractivity contribution in [3.63, 3.8) is 0 Å². The first-order valence-corrected chi connectivity index (χ1v) is 10.2. The lowest BCUT2D eigenvalue weighted by molar-refractivity contribution is -0.119. The number of nitrogens with one attached hydrogen (secondary N) is 2. The van der Waals surface area contributed by atoms with Crippen molar-refractivity contribution in [3.8, 4) is 0 Å². The van der Waals surface area contributed by atoms with E-state index in [1.54, 1.807) is 13.8 Å². The van der Waals surface area contributed by atoms with Gasteiger partial charge in [0.25, 0.3) is 0 Å². The van der Waals surface area contributed by atoms with Crippen LogP contribution < -0.4 is 15.8 Å². The summed E-state index contributed by atoms with van der Waals surface area (Å²) < 4.78 is 25.5. The molecule has 1 unspecified atom stereocenters. The van der Waals surface area contributed by atoms with Crippen molar-refractivity contribution in [1.29, 1.82) is 0 Å². The molecule has 148 valence electrons. The van der Waals surface area contributed by atoms with Crippen LogP contribution in [0.5, 0.6) is 0 Å². The van der Waals surface area contributed by atoms with Crippen LogP contribution in [0.2, 0.25) is 0 Å². The predicted molar refractivity (Wildman–Crippen MR) is 112 cm³/mol. The number of amides is 1. The zero-order chi connectivity index (χ0) is 18.4. The summed E-state index contributed by atoms with van der Waals surface area (Å²) in [4.78, 5) is 17.9. The van der Waals surface area contributed by atoms with Gasteiger partial charge in [-0.25, -0.2) is 13.1 Å². The smallest absolute Gasteiger partial charge is 0.217 e. The minimum absolute atomic E-state index is 0. The molecule has 1 aliphatic heterocycles. The molecule has 25 heavy (non-hydrogen) atoms. The van der Waals surface area contributed by atoms with Crippen LogP contribution in [0.15, 0.2) is 4.99 Å². The lowest BCUT2D eigenvalue weighted by Crippen LogP contribution is -2.49. The lowest BCUT2D eigenvalue weighted by Gasteiger charge is -2.35. The largest absolute Gasteiger partial charge is 0.370 e. The number of carbonyl (C=O) groups excluding carboxylic acids is 1. The van der Waals surface area contributed by atoms with Crippen molar-refractivity contribution in [2.75, 3.05) is 32.4 Å². The van der Waals surface area contributed by atoms with Gasteiger partial charge in [-0.2, -0.15) is 0 Å². The van der Waals surface area contributed by atoms with Gasteiger partial charge in [-0.1, -0.05) is 0 Å². The lowest BCUT2D eigenvalue weighted by atomic mass is 9.95. The molecular formula is C15H32IN5O3S. The molecule has 1 saturated heterocycles. The average Bonchev–Trinajstić information content (AvgIpc) is 2.40. The molecule has 1 fully saturated rings. The number of rotatable bonds is 7. The Labute approximate surface area is 168 Å². The number of nitrogens with two attached hydrogens (primary N) is 1. The second-order valence-corrected chi connectivity index (χ2v) is 8.80. The van der Waals surface area contributed by atoms with Gasteiger partial charge in [-0.15, -0.1) is 24.0 Å². The van der Waals surface area contributed by atoms with E-state index in [0.717, 1.165) is 44.7 Å². The fourth-order valence-corrected chi connectivity index (χ4v) is 4.01. The highest BCUT2D eigenvalue weighted by molar-refractivity contribution is 14.0. The number of hydrogen-bond donors (Lipinski definition) is 3. The van der Waals surface area contributed by atoms with Crippen molar-refractivity contribution in [2.45, 2.75) is 45.6 Å². The third-order valence-electron chi connectivity index (χ3n) is 3.73. The number of carbonyl (C=O) groups is 1. The van der Waals surface area contributed by atoms with Gasteiger partial charge >= 0.3 is 0 Å². The van der Waals surface area contributed by atoms with Crippen molar-refractivity contribution >= 4 is 45.9 Å². The summed E-state index contributed by atoms with van der Waals surface area (Å²) in [5.41, 5.74) is 4.64. The quantitative estimate of drug-likeness (QED) is 0.273. The van der Waals surface area contributed by atoms with Gasteiger partial charge in [-0.05, 0) is 39.5 Å². The molecule has 1 amide bonds. The van der Waals surface area contributed by atoms with Gasteiger partial charge in [0.1, 0.15) is 0 Å². The standard InChI is InChI=1S/C15H31N5O3S.HI/c1-5-17-14(18-11-15(2,3)19-24(4,22)23)20-8-6-7-12(10-20)9-13(16)21;/h12,19H,5-11H2,1-4H3,(H2,16,21)(H,17,18);1H. The molecule has 0 spiro atoms. The van der Waals surface area contributed by atoms with Crippen LogP contribution in [0.3, 0.4) is 0 Å². The number of sulfonamides is 1. The molecule has 1 heterocycles. The van der Waals surface area contributed by atoms with Crippen LogP contribution in [0.4, 0.5) is 0 Å². The second kappa shape index (κ2) is 10.5. The molecule has 0 bridgehead atoms. The Balaban J connectivity index is 0.00000576. The summed E-state index contributed by atoms with van der Waals surface area (Å²) >= 11 is 0. The number of halogens is 1. The van der Waals surface area contributed by atoms with Crippen LogP contribution in [0.25, 0.3) is 0 Å². The maximum Gasteiger partial charge on any atom is 0.217 e. The summed E-state index contributed by atoms with van der Waals surface area (Å²) in [5.74, 6) is 0.708. The van der Waals surface area contributed by atoms with E-state index in [-0.39, 0.29) is 35.8 Å². The van der Waals surface area contributed by atoms with E-state index in [9.17, 15) is 13.2 Å². The van der Waals surface area contributed by atoms with Gasteiger partial charge in [0, 0.05) is 31.6 Å². The second-order valence-electron chi connectivity index (χ2n) is 7.05. The normalized spacial score (nSPS) is 19.3. The highest BCUT2D eigenvalue weighted by Gasteiger charge is 2.25. The van der Waals surface area contributed by atoms with Gasteiger partial charge in [0.15, 0.2) is 5.96 Å². The SMILES string of the molecule is CCNC(=NCC(C)(C)NS(C)(=O)=O)N1CCCC(CC(N)=O)C1.I. The van der Waals surface area contributed by atoms with E-state index in [1.165, 1.54) is 0 Å². The van der Waals surface area contributed by atoms with Gasteiger partial charge < -0.3 is 16.0 Å². The Kier molecular flexibility index (Phi) is 10.2. The first-order valence-electron chi connectivity index (χ1n) is 8.33. The Morgan fingerprint density at radius 2 is 2.04 bits per heavy atom. The van der Waals surface area contributed by atoms with E-state index < -0.39 is 15.6 Å². The molecule has 1 aliphatic rings. The Morgan fingerprint density at radius 1 is 1.40 bits per heavy atom. The number of nitrogens with zero attached hydrogens (tertiary/aromatic N) is 2. The summed E-state index contributed by atoms with van der Waals surface area (Å²) in [6.45, 7) is 8.21. The van der Waals surface area contributed by atoms with Crippen LogP contribution in [0, 0.1) is 5.92 Å². The molecule has 0 aromatic carbocycles. The number of primary amides is 1. The molecule has 0 aliphatic carbocycles. The fourth-order valence-electron chi connectivity index (χ4n) is 2.94. The minimum Gasteiger partial charge on any atom is -0.370 e. The number of aliphatic imine (C=N–C) groups is 1. The maximum atomic E-state index is 11.4. The number of guanidine groups is 1. The number of likely N-dealkylation sites (tertiary alicyclic amines) is 1. The molecule has 1 rings (SSSR count). The Hall–Kier alpha value is -0.620. The zero-order valence-corrected chi connectivity index (χ0v) is 18.7. The van der Waals surface area contributed by atoms with Crippen LogP contribution >= 0.6 is 24.0 Å². The molecule has 0 radical (unpaired) electrons. The molecule has 0 aromatic rings. The molecule has 4 N–H and O–H groups in total. The van der Waals surface area contributed by atoms with E-state index in [0.29, 0.717) is 13.0 Å². The van der Waals surface area contributed by atoms with Gasteiger partial charge in [0.2, 0.25) is 15.9 Å². The molecule has 10 heteroatoms. The fraction of sp³-hybridized carbons (Fsp3) is 0.867. The third-order valence-corrected chi connectivity index (χ3v) is 4.65. The van der Waals surface area contributed by atoms with E-state index >= 15 is 0 Å². The first kappa shape index (κ1) is 24.4. The average molecular weight is 489 g/mol. The minimum atomic E-state index is -3.29. The third kappa shape index (κ3) is 10.2. The van der Waals surface area contributed by atoms with Gasteiger partial charge in [0.05, 0.1) is 12.8 Å². The van der Waals surface area contributed by atoms with Crippen LogP contribution in [-0.4, -0.2) is 63.2 Å². The molecule has 8 nitrogen and oxygen atoms in total. The Morgan fingerprint density at radius 3 is 2.56 bits per heavy atom. The summed E-state index contributed by atoms with van der Waals surface area (Å²) in [6, 6.07) is 0. The van der Waals surface area contributed by atoms with Crippen LogP contribution in [0.1, 0.15) is 40.0 Å². The number of hydrogen-bond acceptors (Lipinski definition) is 4. The van der Waals surface area contributed by atoms with Crippen molar-refractivity contribution in [1.82, 2.24) is 14.9 Å². The predicted octanol–water partition coefficient (Wildman–Crippen LogP) is 0.485. The monoisotopic (exact) mass is 489 g/mol. The van der Waals surface area contributed by atoms with E-state index in [4.69, 9.17) is 5.73 Å². The van der Waals surface area contributed by atoms with E-state index in [1.807, 2.05) is 6.92 Å². The molecule has 0 saturated carbocycles. The molecule has 0 aromatic heterocycles. The number of piperidine rings is 1. The summed E-state index contributed by atoms with van der Waals surface area (Å²) in [5, 5.41) is 3.24. The zero-order valence-electron chi connectivity index (χ0n) is 15.5. The highest BCUT2D eigenvalue weighted by atomic mass is 127. The maximum absolute atomic E-state index is 11.4. The van der Waals surface area contributed by atoms with Gasteiger partial charge in [-0.3, -0.25) is 9.79 Å². The van der Waals surface area contributed by atoms with Crippen molar-refractivity contribution < 1.29 is 13.2 Å². The molecular weight excluding hydrogens is 457 g/mol. The van der Waals surface area contributed by atoms with E-state index in [2.05, 4.69) is 19.9 Å². The topological polar surface area (TPSA) is 117 Å². The van der Waals surface area contributed by atoms with Crippen LogP contribution in [-0.2, 0) is 14.8 Å². The van der Waals surface area contributed by atoms with Crippen molar-refractivity contribution in [2.24, 2.45) is 16.6 Å². The summed E-state index contributed by atoms with van der Waals surface area (Å²) in [7, 11) is -3.29. The van der Waals surface area contributed by atoms with Crippen molar-refractivity contribution in [3.05, 3.63) is 0 Å². The highest BCUT2D eigenvalue weighted by Crippen LogP contribution is 2.19. The summed E-state index contributed by atoms with van der Waals surface area (Å²) in [6.07, 6.45) is 3.49. The first-order chi connectivity index (χ1) is 11.0. The molecule has 1 atom stereocenters. The Bertz CT molecular complexity index is 566.